The van der Waals surface area contributed by atoms with Crippen molar-refractivity contribution in [2.45, 2.75) is 6.92 Å². The normalized spacial score (nSPS) is 11.0. The molecule has 0 bridgehead atoms. The zero-order valence-corrected chi connectivity index (χ0v) is 12.4. The standard InChI is InChI=1S/C17H13N5O/c1-12-20-16-15(17(23)22(12)14-8-5-9-18-10-14)21(11-19-16)13-6-3-2-4-7-13/h2-11H,1H3. The lowest BCUT2D eigenvalue weighted by atomic mass is 10.3. The maximum atomic E-state index is 13.0. The summed E-state index contributed by atoms with van der Waals surface area (Å²) in [5, 5.41) is 0. The molecule has 0 N–H and O–H groups in total. The molecular formula is C17H13N5O. The molecule has 4 rings (SSSR count). The number of nitrogens with zero attached hydrogens (tertiary/aromatic N) is 5. The molecule has 3 aromatic heterocycles. The van der Waals surface area contributed by atoms with Crippen LogP contribution in [0.2, 0.25) is 0 Å². The molecule has 112 valence electrons. The van der Waals surface area contributed by atoms with Gasteiger partial charge < -0.3 is 0 Å². The van der Waals surface area contributed by atoms with Crippen molar-refractivity contribution in [1.82, 2.24) is 24.1 Å². The molecule has 0 aliphatic rings. The van der Waals surface area contributed by atoms with Gasteiger partial charge in [0.05, 0.1) is 11.9 Å². The minimum atomic E-state index is -0.165. The molecule has 0 saturated heterocycles. The summed E-state index contributed by atoms with van der Waals surface area (Å²) in [7, 11) is 0. The van der Waals surface area contributed by atoms with E-state index in [0.29, 0.717) is 22.7 Å². The number of hydrogen-bond acceptors (Lipinski definition) is 4. The summed E-state index contributed by atoms with van der Waals surface area (Å²) in [5.41, 5.74) is 2.28. The van der Waals surface area contributed by atoms with Crippen molar-refractivity contribution in [3.05, 3.63) is 77.4 Å². The van der Waals surface area contributed by atoms with Crippen molar-refractivity contribution in [2.75, 3.05) is 0 Å². The number of fused-ring (bicyclic) bond motifs is 1. The van der Waals surface area contributed by atoms with Gasteiger partial charge >= 0.3 is 0 Å². The van der Waals surface area contributed by atoms with E-state index in [1.807, 2.05) is 36.4 Å². The van der Waals surface area contributed by atoms with E-state index < -0.39 is 0 Å². The third-order valence-corrected chi connectivity index (χ3v) is 3.68. The topological polar surface area (TPSA) is 65.6 Å². The third kappa shape index (κ3) is 2.12. The first-order valence-electron chi connectivity index (χ1n) is 7.18. The second-order valence-corrected chi connectivity index (χ2v) is 5.13. The second kappa shape index (κ2) is 5.17. The molecule has 4 aromatic rings. The number of aryl methyl sites for hydroxylation is 1. The first-order chi connectivity index (χ1) is 11.3. The third-order valence-electron chi connectivity index (χ3n) is 3.68. The Morgan fingerprint density at radius 2 is 1.78 bits per heavy atom. The van der Waals surface area contributed by atoms with Gasteiger partial charge in [0.2, 0.25) is 0 Å². The van der Waals surface area contributed by atoms with Crippen LogP contribution in [0.5, 0.6) is 0 Å². The Kier molecular flexibility index (Phi) is 3.01. The van der Waals surface area contributed by atoms with Crippen LogP contribution in [0.3, 0.4) is 0 Å². The van der Waals surface area contributed by atoms with Gasteiger partial charge in [-0.3, -0.25) is 18.9 Å². The summed E-state index contributed by atoms with van der Waals surface area (Å²) >= 11 is 0. The fourth-order valence-corrected chi connectivity index (χ4v) is 2.65. The fraction of sp³-hybridized carbons (Fsp3) is 0.0588. The van der Waals surface area contributed by atoms with Gasteiger partial charge in [0.1, 0.15) is 12.2 Å². The molecular weight excluding hydrogens is 290 g/mol. The summed E-state index contributed by atoms with van der Waals surface area (Å²) in [4.78, 5) is 25.9. The maximum absolute atomic E-state index is 13.0. The summed E-state index contributed by atoms with van der Waals surface area (Å²) in [6.45, 7) is 1.79. The van der Waals surface area contributed by atoms with Crippen molar-refractivity contribution in [3.63, 3.8) is 0 Å². The molecule has 3 heterocycles. The number of para-hydroxylation sites is 1. The molecule has 23 heavy (non-hydrogen) atoms. The molecule has 0 aliphatic heterocycles. The lowest BCUT2D eigenvalue weighted by molar-refractivity contribution is 0.879. The van der Waals surface area contributed by atoms with E-state index in [1.165, 1.54) is 0 Å². The minimum Gasteiger partial charge on any atom is -0.293 e. The van der Waals surface area contributed by atoms with Crippen LogP contribution in [-0.4, -0.2) is 24.1 Å². The zero-order chi connectivity index (χ0) is 15.8. The zero-order valence-electron chi connectivity index (χ0n) is 12.4. The maximum Gasteiger partial charge on any atom is 0.284 e. The van der Waals surface area contributed by atoms with Crippen molar-refractivity contribution >= 4 is 11.2 Å². The first-order valence-corrected chi connectivity index (χ1v) is 7.18. The van der Waals surface area contributed by atoms with E-state index in [0.717, 1.165) is 5.69 Å². The Morgan fingerprint density at radius 3 is 2.52 bits per heavy atom. The Hall–Kier alpha value is -3.28. The molecule has 6 nitrogen and oxygen atoms in total. The summed E-state index contributed by atoms with van der Waals surface area (Å²) < 4.78 is 3.31. The summed E-state index contributed by atoms with van der Waals surface area (Å²) in [6, 6.07) is 13.2. The highest BCUT2D eigenvalue weighted by atomic mass is 16.1. The summed E-state index contributed by atoms with van der Waals surface area (Å²) in [5.74, 6) is 0.578. The van der Waals surface area contributed by atoms with Crippen LogP contribution < -0.4 is 5.56 Å². The van der Waals surface area contributed by atoms with E-state index in [1.54, 1.807) is 40.8 Å². The van der Waals surface area contributed by atoms with Crippen LogP contribution in [0.1, 0.15) is 5.82 Å². The van der Waals surface area contributed by atoms with Gasteiger partial charge in [0, 0.05) is 11.9 Å². The first kappa shape index (κ1) is 13.4. The van der Waals surface area contributed by atoms with Crippen molar-refractivity contribution in [2.24, 2.45) is 0 Å². The average Bonchev–Trinajstić information content (AvgIpc) is 3.00. The molecule has 0 fully saturated rings. The predicted octanol–water partition coefficient (Wildman–Crippen LogP) is 2.27. The highest BCUT2D eigenvalue weighted by Gasteiger charge is 2.15. The smallest absolute Gasteiger partial charge is 0.284 e. The number of benzene rings is 1. The minimum absolute atomic E-state index is 0.165. The number of rotatable bonds is 2. The molecule has 6 heteroatoms. The number of pyridine rings is 1. The quantitative estimate of drug-likeness (QED) is 0.570. The fourth-order valence-electron chi connectivity index (χ4n) is 2.65. The van der Waals surface area contributed by atoms with Crippen LogP contribution in [0.25, 0.3) is 22.5 Å². The highest BCUT2D eigenvalue weighted by Crippen LogP contribution is 2.15. The molecule has 1 aromatic carbocycles. The van der Waals surface area contributed by atoms with Gasteiger partial charge in [-0.2, -0.15) is 0 Å². The van der Waals surface area contributed by atoms with Gasteiger partial charge in [-0.15, -0.1) is 0 Å². The molecule has 0 atom stereocenters. The average molecular weight is 303 g/mol. The Morgan fingerprint density at radius 1 is 1.00 bits per heavy atom. The van der Waals surface area contributed by atoms with Gasteiger partial charge in [0.15, 0.2) is 11.2 Å². The molecule has 0 amide bonds. The Bertz CT molecular complexity index is 1040. The van der Waals surface area contributed by atoms with Crippen LogP contribution in [-0.2, 0) is 0 Å². The van der Waals surface area contributed by atoms with Crippen molar-refractivity contribution in [3.8, 4) is 11.4 Å². The Balaban J connectivity index is 2.06. The van der Waals surface area contributed by atoms with Gasteiger partial charge in [-0.25, -0.2) is 9.97 Å². The van der Waals surface area contributed by atoms with Crippen molar-refractivity contribution < 1.29 is 0 Å². The van der Waals surface area contributed by atoms with Gasteiger partial charge in [0.25, 0.3) is 5.56 Å². The molecule has 0 aliphatic carbocycles. The largest absolute Gasteiger partial charge is 0.293 e. The molecule has 0 saturated carbocycles. The number of aromatic nitrogens is 5. The molecule has 0 unspecified atom stereocenters. The number of imidazole rings is 1. The number of hydrogen-bond donors (Lipinski definition) is 0. The van der Waals surface area contributed by atoms with Crippen LogP contribution in [0, 0.1) is 6.92 Å². The van der Waals surface area contributed by atoms with Crippen LogP contribution >= 0.6 is 0 Å². The van der Waals surface area contributed by atoms with E-state index in [-0.39, 0.29) is 5.56 Å². The summed E-state index contributed by atoms with van der Waals surface area (Å²) in [6.07, 6.45) is 4.94. The monoisotopic (exact) mass is 303 g/mol. The van der Waals surface area contributed by atoms with E-state index in [4.69, 9.17) is 0 Å². The van der Waals surface area contributed by atoms with Crippen molar-refractivity contribution in [1.29, 1.82) is 0 Å². The van der Waals surface area contributed by atoms with E-state index >= 15 is 0 Å². The van der Waals surface area contributed by atoms with Gasteiger partial charge in [-0.1, -0.05) is 18.2 Å². The van der Waals surface area contributed by atoms with E-state index in [2.05, 4.69) is 15.0 Å². The second-order valence-electron chi connectivity index (χ2n) is 5.13. The Labute approximate surface area is 131 Å². The van der Waals surface area contributed by atoms with E-state index in [9.17, 15) is 4.79 Å². The molecule has 0 radical (unpaired) electrons. The lowest BCUT2D eigenvalue weighted by Gasteiger charge is -2.10. The SMILES string of the molecule is Cc1nc2ncn(-c3ccccc3)c2c(=O)n1-c1cccnc1. The van der Waals surface area contributed by atoms with Crippen LogP contribution in [0.15, 0.2) is 66.0 Å². The van der Waals surface area contributed by atoms with Gasteiger partial charge in [-0.05, 0) is 31.2 Å². The molecule has 0 spiro atoms. The highest BCUT2D eigenvalue weighted by molar-refractivity contribution is 5.72. The van der Waals surface area contributed by atoms with Crippen LogP contribution in [0.4, 0.5) is 0 Å². The lowest BCUT2D eigenvalue weighted by Crippen LogP contribution is -2.23. The predicted molar refractivity (Wildman–Crippen MR) is 87.0 cm³/mol.